The Kier molecular flexibility index (Phi) is 4.43. The summed E-state index contributed by atoms with van der Waals surface area (Å²) >= 11 is 0. The smallest absolute Gasteiger partial charge is 0.193 e. The minimum Gasteiger partial charge on any atom is -0.370 e. The Bertz CT molecular complexity index is 494. The van der Waals surface area contributed by atoms with Gasteiger partial charge in [0, 0.05) is 38.9 Å². The van der Waals surface area contributed by atoms with Gasteiger partial charge in [-0.25, -0.2) is 0 Å². The van der Waals surface area contributed by atoms with Crippen molar-refractivity contribution in [1.82, 2.24) is 20.0 Å². The van der Waals surface area contributed by atoms with Crippen LogP contribution >= 0.6 is 0 Å². The highest BCUT2D eigenvalue weighted by Gasteiger charge is 2.26. The van der Waals surface area contributed by atoms with Gasteiger partial charge in [0.1, 0.15) is 6.10 Å². The number of aliphatic imine (C=N–C) groups is 1. The SMILES string of the molecule is CN=C(NCC1CCC1)N1CCOC(c2cnn(C)c2)C1. The number of hydrogen-bond acceptors (Lipinski definition) is 3. The monoisotopic (exact) mass is 291 g/mol. The van der Waals surface area contributed by atoms with Crippen LogP contribution in [0.4, 0.5) is 0 Å². The van der Waals surface area contributed by atoms with Crippen molar-refractivity contribution in [2.75, 3.05) is 33.3 Å². The lowest BCUT2D eigenvalue weighted by molar-refractivity contribution is -0.00813. The van der Waals surface area contributed by atoms with Gasteiger partial charge in [0.15, 0.2) is 5.96 Å². The predicted molar refractivity (Wildman–Crippen MR) is 82.2 cm³/mol. The summed E-state index contributed by atoms with van der Waals surface area (Å²) in [4.78, 5) is 6.72. The molecule has 0 spiro atoms. The molecule has 1 unspecified atom stereocenters. The van der Waals surface area contributed by atoms with Crippen LogP contribution < -0.4 is 5.32 Å². The summed E-state index contributed by atoms with van der Waals surface area (Å²) in [6.07, 6.45) is 8.08. The molecule has 2 heterocycles. The first-order chi connectivity index (χ1) is 10.3. The molecule has 21 heavy (non-hydrogen) atoms. The van der Waals surface area contributed by atoms with Gasteiger partial charge in [0.2, 0.25) is 0 Å². The number of nitrogens with one attached hydrogen (secondary N) is 1. The highest BCUT2D eigenvalue weighted by Crippen LogP contribution is 2.25. The summed E-state index contributed by atoms with van der Waals surface area (Å²) in [6, 6.07) is 0. The van der Waals surface area contributed by atoms with Crippen LogP contribution in [0, 0.1) is 5.92 Å². The van der Waals surface area contributed by atoms with Crippen LogP contribution in [0.3, 0.4) is 0 Å². The van der Waals surface area contributed by atoms with Crippen molar-refractivity contribution in [1.29, 1.82) is 0 Å². The number of nitrogens with zero attached hydrogens (tertiary/aromatic N) is 4. The second kappa shape index (κ2) is 6.47. The number of rotatable bonds is 3. The van der Waals surface area contributed by atoms with E-state index in [1.165, 1.54) is 19.3 Å². The van der Waals surface area contributed by atoms with Crippen molar-refractivity contribution in [3.63, 3.8) is 0 Å². The van der Waals surface area contributed by atoms with Crippen molar-refractivity contribution in [2.45, 2.75) is 25.4 Å². The first-order valence-corrected chi connectivity index (χ1v) is 7.82. The molecule has 3 rings (SSSR count). The average Bonchev–Trinajstić information content (AvgIpc) is 2.88. The van der Waals surface area contributed by atoms with Crippen LogP contribution in [0.15, 0.2) is 17.4 Å². The summed E-state index contributed by atoms with van der Waals surface area (Å²) < 4.78 is 7.70. The molecule has 116 valence electrons. The van der Waals surface area contributed by atoms with E-state index in [0.717, 1.165) is 43.7 Å². The Balaban J connectivity index is 1.58. The highest BCUT2D eigenvalue weighted by atomic mass is 16.5. The van der Waals surface area contributed by atoms with Gasteiger partial charge in [-0.2, -0.15) is 5.10 Å². The molecule has 1 N–H and O–H groups in total. The second-order valence-corrected chi connectivity index (χ2v) is 5.98. The summed E-state index contributed by atoms with van der Waals surface area (Å²) in [5, 5.41) is 7.75. The van der Waals surface area contributed by atoms with Crippen LogP contribution in [0.5, 0.6) is 0 Å². The molecular weight excluding hydrogens is 266 g/mol. The molecule has 2 aliphatic rings. The summed E-state index contributed by atoms with van der Waals surface area (Å²) in [6.45, 7) is 3.49. The maximum absolute atomic E-state index is 5.88. The zero-order valence-corrected chi connectivity index (χ0v) is 13.0. The number of hydrogen-bond donors (Lipinski definition) is 1. The molecule has 6 nitrogen and oxygen atoms in total. The van der Waals surface area contributed by atoms with Crippen molar-refractivity contribution >= 4 is 5.96 Å². The van der Waals surface area contributed by atoms with Crippen LogP contribution in [0.2, 0.25) is 0 Å². The number of morpholine rings is 1. The van der Waals surface area contributed by atoms with Crippen LogP contribution in [-0.2, 0) is 11.8 Å². The van der Waals surface area contributed by atoms with E-state index in [2.05, 4.69) is 20.3 Å². The average molecular weight is 291 g/mol. The van der Waals surface area contributed by atoms with Gasteiger partial charge >= 0.3 is 0 Å². The molecule has 0 radical (unpaired) electrons. The molecular formula is C15H25N5O. The number of ether oxygens (including phenoxy) is 1. The third-order valence-corrected chi connectivity index (χ3v) is 4.45. The van der Waals surface area contributed by atoms with E-state index in [0.29, 0.717) is 0 Å². The number of aryl methyl sites for hydroxylation is 1. The number of aromatic nitrogens is 2. The molecule has 1 aromatic rings. The lowest BCUT2D eigenvalue weighted by Crippen LogP contribution is -2.49. The van der Waals surface area contributed by atoms with Gasteiger partial charge < -0.3 is 15.0 Å². The third-order valence-electron chi connectivity index (χ3n) is 4.45. The van der Waals surface area contributed by atoms with Gasteiger partial charge in [-0.1, -0.05) is 6.42 Å². The quantitative estimate of drug-likeness (QED) is 0.671. The second-order valence-electron chi connectivity index (χ2n) is 5.98. The largest absolute Gasteiger partial charge is 0.370 e. The summed E-state index contributed by atoms with van der Waals surface area (Å²) in [5.74, 6) is 1.83. The maximum Gasteiger partial charge on any atom is 0.193 e. The van der Waals surface area contributed by atoms with Crippen molar-refractivity contribution in [3.8, 4) is 0 Å². The highest BCUT2D eigenvalue weighted by molar-refractivity contribution is 5.80. The lowest BCUT2D eigenvalue weighted by atomic mass is 9.85. The fourth-order valence-corrected chi connectivity index (χ4v) is 2.91. The van der Waals surface area contributed by atoms with Crippen LogP contribution in [0.25, 0.3) is 0 Å². The van der Waals surface area contributed by atoms with Crippen LogP contribution in [0.1, 0.15) is 30.9 Å². The Morgan fingerprint density at radius 1 is 1.52 bits per heavy atom. The molecule has 0 amide bonds. The summed E-state index contributed by atoms with van der Waals surface area (Å²) in [7, 11) is 3.79. The van der Waals surface area contributed by atoms with Crippen molar-refractivity contribution in [2.24, 2.45) is 18.0 Å². The van der Waals surface area contributed by atoms with E-state index in [1.54, 1.807) is 0 Å². The van der Waals surface area contributed by atoms with Gasteiger partial charge in [-0.15, -0.1) is 0 Å². The Hall–Kier alpha value is -1.56. The normalized spacial score (nSPS) is 24.0. The topological polar surface area (TPSA) is 54.7 Å². The van der Waals surface area contributed by atoms with Gasteiger partial charge in [-0.3, -0.25) is 9.67 Å². The van der Waals surface area contributed by atoms with Gasteiger partial charge in [0.05, 0.1) is 19.3 Å². The lowest BCUT2D eigenvalue weighted by Gasteiger charge is -2.36. The fourth-order valence-electron chi connectivity index (χ4n) is 2.91. The molecule has 1 aromatic heterocycles. The molecule has 0 bridgehead atoms. The van der Waals surface area contributed by atoms with Crippen molar-refractivity contribution in [3.05, 3.63) is 18.0 Å². The van der Waals surface area contributed by atoms with E-state index in [9.17, 15) is 0 Å². The Morgan fingerprint density at radius 3 is 3.00 bits per heavy atom. The van der Waals surface area contributed by atoms with Gasteiger partial charge in [0.25, 0.3) is 0 Å². The van der Waals surface area contributed by atoms with E-state index < -0.39 is 0 Å². The van der Waals surface area contributed by atoms with E-state index >= 15 is 0 Å². The molecule has 1 saturated carbocycles. The fraction of sp³-hybridized carbons (Fsp3) is 0.733. The van der Waals surface area contributed by atoms with E-state index in [1.807, 2.05) is 31.2 Å². The molecule has 1 aliphatic heterocycles. The zero-order chi connectivity index (χ0) is 14.7. The predicted octanol–water partition coefficient (Wildman–Crippen LogP) is 1.17. The van der Waals surface area contributed by atoms with Crippen molar-refractivity contribution < 1.29 is 4.74 Å². The van der Waals surface area contributed by atoms with E-state index in [-0.39, 0.29) is 6.10 Å². The first kappa shape index (κ1) is 14.4. The Labute approximate surface area is 126 Å². The number of guanidine groups is 1. The minimum absolute atomic E-state index is 0.0784. The zero-order valence-electron chi connectivity index (χ0n) is 13.0. The first-order valence-electron chi connectivity index (χ1n) is 7.82. The molecule has 1 atom stereocenters. The maximum atomic E-state index is 5.88. The van der Waals surface area contributed by atoms with Gasteiger partial charge in [-0.05, 0) is 18.8 Å². The standard InChI is InChI=1S/C15H25N5O/c1-16-15(17-8-12-4-3-5-12)20-6-7-21-14(11-20)13-9-18-19(2)10-13/h9-10,12,14H,3-8,11H2,1-2H3,(H,16,17). The molecule has 1 aliphatic carbocycles. The summed E-state index contributed by atoms with van der Waals surface area (Å²) in [5.41, 5.74) is 1.14. The third kappa shape index (κ3) is 3.37. The molecule has 6 heteroatoms. The molecule has 0 aromatic carbocycles. The molecule has 2 fully saturated rings. The minimum atomic E-state index is 0.0784. The van der Waals surface area contributed by atoms with Crippen LogP contribution in [-0.4, -0.2) is 53.9 Å². The molecule has 1 saturated heterocycles. The van der Waals surface area contributed by atoms with E-state index in [4.69, 9.17) is 4.74 Å². The Morgan fingerprint density at radius 2 is 2.38 bits per heavy atom.